The van der Waals surface area contributed by atoms with Crippen LogP contribution >= 0.6 is 0 Å². The van der Waals surface area contributed by atoms with Gasteiger partial charge in [0.05, 0.1) is 13.2 Å². The summed E-state index contributed by atoms with van der Waals surface area (Å²) in [6.45, 7) is 1.57. The number of hydrogen-bond acceptors (Lipinski definition) is 4. The second-order valence-corrected chi connectivity index (χ2v) is 8.54. The quantitative estimate of drug-likeness (QED) is 0.250. The van der Waals surface area contributed by atoms with Crippen LogP contribution in [0.25, 0.3) is 22.3 Å². The maximum Gasteiger partial charge on any atom is 0.128 e. The van der Waals surface area contributed by atoms with E-state index in [0.717, 1.165) is 35.1 Å². The molecule has 0 atom stereocenters. The minimum absolute atomic E-state index is 0.0493. The van der Waals surface area contributed by atoms with Gasteiger partial charge in [-0.15, -0.1) is 0 Å². The van der Waals surface area contributed by atoms with Crippen LogP contribution in [0, 0.1) is 0 Å². The third kappa shape index (κ3) is 4.69. The number of rotatable bonds is 8. The minimum Gasteiger partial charge on any atom is -0.507 e. The standard InChI is InChI=1S/C30H30O4/c1-2-9-26(22-14-24(18-31)29(33)27(16-22)20-10-5-3-6-11-20)23-15-25(19-32)30(34)28(17-23)21-12-7-4-8-13-21/h3-8,10-17,26,31-34H,2,9,18-19H2,1H3. The zero-order valence-corrected chi connectivity index (χ0v) is 19.3. The molecule has 0 aliphatic rings. The molecule has 4 N–H and O–H groups in total. The number of benzene rings is 4. The molecule has 4 aromatic rings. The second kappa shape index (κ2) is 10.6. The van der Waals surface area contributed by atoms with Crippen molar-refractivity contribution < 1.29 is 20.4 Å². The van der Waals surface area contributed by atoms with E-state index in [1.165, 1.54) is 0 Å². The summed E-state index contributed by atoms with van der Waals surface area (Å²) in [6, 6.07) is 27.0. The lowest BCUT2D eigenvalue weighted by atomic mass is 9.83. The maximum atomic E-state index is 10.8. The largest absolute Gasteiger partial charge is 0.507 e. The molecule has 0 aromatic heterocycles. The van der Waals surface area contributed by atoms with Gasteiger partial charge in [-0.2, -0.15) is 0 Å². The minimum atomic E-state index is -0.273. The number of aliphatic hydroxyl groups is 2. The van der Waals surface area contributed by atoms with Crippen LogP contribution in [0.2, 0.25) is 0 Å². The Labute approximate surface area is 200 Å². The molecule has 0 aliphatic heterocycles. The molecule has 0 amide bonds. The number of phenols is 2. The van der Waals surface area contributed by atoms with Crippen molar-refractivity contribution in [1.82, 2.24) is 0 Å². The van der Waals surface area contributed by atoms with Crippen molar-refractivity contribution in [3.63, 3.8) is 0 Å². The van der Waals surface area contributed by atoms with Crippen LogP contribution in [0.3, 0.4) is 0 Å². The molecule has 0 aliphatic carbocycles. The van der Waals surface area contributed by atoms with Crippen LogP contribution in [0.1, 0.15) is 47.9 Å². The Morgan fingerprint density at radius 3 is 1.38 bits per heavy atom. The topological polar surface area (TPSA) is 80.9 Å². The molecule has 0 saturated carbocycles. The molecule has 0 bridgehead atoms. The summed E-state index contributed by atoms with van der Waals surface area (Å²) in [4.78, 5) is 0. The van der Waals surface area contributed by atoms with Crippen molar-refractivity contribution in [2.24, 2.45) is 0 Å². The molecule has 0 unspecified atom stereocenters. The van der Waals surface area contributed by atoms with Gasteiger partial charge in [0.15, 0.2) is 0 Å². The van der Waals surface area contributed by atoms with Gasteiger partial charge in [0.2, 0.25) is 0 Å². The lowest BCUT2D eigenvalue weighted by molar-refractivity contribution is 0.275. The van der Waals surface area contributed by atoms with Crippen molar-refractivity contribution in [3.05, 3.63) is 107 Å². The van der Waals surface area contributed by atoms with Crippen LogP contribution < -0.4 is 0 Å². The third-order valence-corrected chi connectivity index (χ3v) is 6.31. The van der Waals surface area contributed by atoms with Crippen molar-refractivity contribution >= 4 is 0 Å². The summed E-state index contributed by atoms with van der Waals surface area (Å²) in [5, 5.41) is 41.6. The number of aromatic hydroxyl groups is 2. The average molecular weight is 455 g/mol. The smallest absolute Gasteiger partial charge is 0.128 e. The highest BCUT2D eigenvalue weighted by molar-refractivity contribution is 5.75. The van der Waals surface area contributed by atoms with Gasteiger partial charge in [-0.05, 0) is 52.9 Å². The predicted octanol–water partition coefficient (Wildman–Crippen LogP) is 6.35. The van der Waals surface area contributed by atoms with E-state index in [4.69, 9.17) is 0 Å². The zero-order chi connectivity index (χ0) is 24.1. The molecule has 34 heavy (non-hydrogen) atoms. The molecule has 0 spiro atoms. The van der Waals surface area contributed by atoms with Gasteiger partial charge in [-0.25, -0.2) is 0 Å². The molecule has 4 nitrogen and oxygen atoms in total. The highest BCUT2D eigenvalue weighted by Gasteiger charge is 2.21. The molecule has 174 valence electrons. The average Bonchev–Trinajstić information content (AvgIpc) is 2.89. The van der Waals surface area contributed by atoms with E-state index in [1.807, 2.05) is 84.9 Å². The predicted molar refractivity (Wildman–Crippen MR) is 136 cm³/mol. The molecule has 0 heterocycles. The first-order chi connectivity index (χ1) is 16.6. The van der Waals surface area contributed by atoms with E-state index in [0.29, 0.717) is 22.3 Å². The van der Waals surface area contributed by atoms with E-state index in [1.54, 1.807) is 0 Å². The van der Waals surface area contributed by atoms with E-state index in [9.17, 15) is 20.4 Å². The summed E-state index contributed by atoms with van der Waals surface area (Å²) in [7, 11) is 0. The summed E-state index contributed by atoms with van der Waals surface area (Å²) >= 11 is 0. The Hall–Kier alpha value is -3.60. The Balaban J connectivity index is 1.91. The summed E-state index contributed by atoms with van der Waals surface area (Å²) in [5.74, 6) is 0.116. The van der Waals surface area contributed by atoms with Gasteiger partial charge in [0.25, 0.3) is 0 Å². The van der Waals surface area contributed by atoms with Crippen LogP contribution in [0.5, 0.6) is 11.5 Å². The normalized spacial score (nSPS) is 11.2. The van der Waals surface area contributed by atoms with Crippen molar-refractivity contribution in [1.29, 1.82) is 0 Å². The molecular formula is C30H30O4. The van der Waals surface area contributed by atoms with Crippen molar-refractivity contribution in [2.75, 3.05) is 0 Å². The zero-order valence-electron chi connectivity index (χ0n) is 19.3. The third-order valence-electron chi connectivity index (χ3n) is 6.31. The van der Waals surface area contributed by atoms with Crippen LogP contribution in [-0.4, -0.2) is 20.4 Å². The first-order valence-electron chi connectivity index (χ1n) is 11.6. The van der Waals surface area contributed by atoms with Gasteiger partial charge in [-0.1, -0.05) is 74.0 Å². The molecule has 4 aromatic carbocycles. The van der Waals surface area contributed by atoms with E-state index < -0.39 is 0 Å². The Kier molecular flexibility index (Phi) is 7.31. The molecule has 0 saturated heterocycles. The molecule has 4 rings (SSSR count). The Bertz CT molecular complexity index is 1150. The second-order valence-electron chi connectivity index (χ2n) is 8.54. The highest BCUT2D eigenvalue weighted by Crippen LogP contribution is 2.42. The summed E-state index contributed by atoms with van der Waals surface area (Å²) in [6.07, 6.45) is 1.74. The van der Waals surface area contributed by atoms with E-state index >= 15 is 0 Å². The maximum absolute atomic E-state index is 10.8. The fourth-order valence-corrected chi connectivity index (χ4v) is 4.57. The first-order valence-corrected chi connectivity index (χ1v) is 11.6. The van der Waals surface area contributed by atoms with Gasteiger partial charge in [0.1, 0.15) is 11.5 Å². The lowest BCUT2D eigenvalue weighted by Crippen LogP contribution is -2.05. The fourth-order valence-electron chi connectivity index (χ4n) is 4.57. The van der Waals surface area contributed by atoms with Gasteiger partial charge < -0.3 is 20.4 Å². The van der Waals surface area contributed by atoms with E-state index in [-0.39, 0.29) is 30.6 Å². The Morgan fingerprint density at radius 1 is 0.618 bits per heavy atom. The van der Waals surface area contributed by atoms with Gasteiger partial charge in [-0.3, -0.25) is 0 Å². The summed E-state index contributed by atoms with van der Waals surface area (Å²) in [5.41, 5.74) is 5.98. The number of hydrogen-bond donors (Lipinski definition) is 4. The van der Waals surface area contributed by atoms with Crippen LogP contribution in [0.4, 0.5) is 0 Å². The monoisotopic (exact) mass is 454 g/mol. The summed E-state index contributed by atoms with van der Waals surface area (Å²) < 4.78 is 0. The molecule has 0 fully saturated rings. The van der Waals surface area contributed by atoms with Gasteiger partial charge >= 0.3 is 0 Å². The molecular weight excluding hydrogens is 424 g/mol. The first kappa shape index (κ1) is 23.6. The van der Waals surface area contributed by atoms with Crippen LogP contribution in [0.15, 0.2) is 84.9 Å². The highest BCUT2D eigenvalue weighted by atomic mass is 16.3. The van der Waals surface area contributed by atoms with Crippen molar-refractivity contribution in [3.8, 4) is 33.8 Å². The SMILES string of the molecule is CCCC(c1cc(CO)c(O)c(-c2ccccc2)c1)c1cc(CO)c(O)c(-c2ccccc2)c1. The number of aliphatic hydroxyl groups excluding tert-OH is 2. The van der Waals surface area contributed by atoms with Crippen molar-refractivity contribution in [2.45, 2.75) is 38.9 Å². The van der Waals surface area contributed by atoms with Gasteiger partial charge in [0, 0.05) is 28.2 Å². The fraction of sp³-hybridized carbons (Fsp3) is 0.200. The molecule has 4 heteroatoms. The molecule has 0 radical (unpaired) electrons. The van der Waals surface area contributed by atoms with E-state index in [2.05, 4.69) is 6.92 Å². The lowest BCUT2D eigenvalue weighted by Gasteiger charge is -2.23. The van der Waals surface area contributed by atoms with Crippen LogP contribution in [-0.2, 0) is 13.2 Å². The Morgan fingerprint density at radius 2 is 1.03 bits per heavy atom.